The lowest BCUT2D eigenvalue weighted by Crippen LogP contribution is -2.41. The first-order valence-electron chi connectivity index (χ1n) is 34.8. The summed E-state index contributed by atoms with van der Waals surface area (Å²) >= 11 is 0. The Bertz CT molecular complexity index is 3010. The Hall–Kier alpha value is -8.48. The van der Waals surface area contributed by atoms with Crippen LogP contribution in [0.1, 0.15) is 134 Å². The van der Waals surface area contributed by atoms with Crippen molar-refractivity contribution in [3.63, 3.8) is 0 Å². The van der Waals surface area contributed by atoms with Gasteiger partial charge in [-0.05, 0) is 47.3 Å². The molecular formula is C65H100N24O8. The number of ether oxygens (including phenoxy) is 8. The van der Waals surface area contributed by atoms with E-state index in [1.165, 1.54) is 0 Å². The third-order valence-corrected chi connectivity index (χ3v) is 18.9. The summed E-state index contributed by atoms with van der Waals surface area (Å²) in [5.41, 5.74) is 1.53. The molecule has 0 radical (unpaired) electrons. The van der Waals surface area contributed by atoms with Crippen molar-refractivity contribution in [2.24, 2.45) is 92.7 Å². The summed E-state index contributed by atoms with van der Waals surface area (Å²) in [6.45, 7) is 39.6. The van der Waals surface area contributed by atoms with Crippen LogP contribution in [0.5, 0.6) is 0 Å². The predicted molar refractivity (Wildman–Crippen MR) is 361 cm³/mol. The van der Waals surface area contributed by atoms with Crippen LogP contribution in [0.2, 0.25) is 0 Å². The first kappa shape index (κ1) is 68.5. The lowest BCUT2D eigenvalue weighted by atomic mass is 9.87. The van der Waals surface area contributed by atoms with Gasteiger partial charge in [0.1, 0.15) is 75.6 Å². The monoisotopic (exact) mass is 1340 g/mol. The lowest BCUT2D eigenvalue weighted by molar-refractivity contribution is 0.109. The first-order chi connectivity index (χ1) is 46.5. The first-order valence-corrected chi connectivity index (χ1v) is 34.8. The molecule has 0 saturated heterocycles. The smallest absolute Gasteiger partial charge is 0.296 e. The highest BCUT2D eigenvalue weighted by Gasteiger charge is 2.42. The number of amidine groups is 8. The molecule has 4 aromatic rings. The Morgan fingerprint density at radius 3 is 0.577 bits per heavy atom. The summed E-state index contributed by atoms with van der Waals surface area (Å²) in [6.07, 6.45) is 7.74. The molecule has 0 unspecified atom stereocenters. The average Bonchev–Trinajstić information content (AvgIpc) is 1.78. The van der Waals surface area contributed by atoms with Gasteiger partial charge in [0.05, 0.1) is 125 Å². The number of rotatable bonds is 24. The molecule has 0 N–H and O–H groups in total. The van der Waals surface area contributed by atoms with Gasteiger partial charge < -0.3 is 37.9 Å². The molecule has 0 spiro atoms. The van der Waals surface area contributed by atoms with Crippen molar-refractivity contribution in [2.75, 3.05) is 52.9 Å². The molecule has 0 aliphatic carbocycles. The van der Waals surface area contributed by atoms with E-state index in [2.05, 4.69) is 111 Å². The van der Waals surface area contributed by atoms with E-state index in [-0.39, 0.29) is 148 Å². The van der Waals surface area contributed by atoms with E-state index in [1.807, 2.05) is 63.1 Å². The Morgan fingerprint density at radius 1 is 0.289 bits per heavy atom. The van der Waals surface area contributed by atoms with E-state index < -0.39 is 5.41 Å². The zero-order valence-corrected chi connectivity index (χ0v) is 59.4. The molecule has 4 aromatic heterocycles. The van der Waals surface area contributed by atoms with Gasteiger partial charge >= 0.3 is 0 Å². The van der Waals surface area contributed by atoms with Crippen molar-refractivity contribution in [2.45, 2.75) is 211 Å². The second-order valence-corrected chi connectivity index (χ2v) is 29.7. The van der Waals surface area contributed by atoms with Crippen LogP contribution >= 0.6 is 0 Å². The molecule has 12 rings (SSSR count). The summed E-state index contributed by atoms with van der Waals surface area (Å²) < 4.78 is 57.9. The highest BCUT2D eigenvalue weighted by molar-refractivity contribution is 5.96. The number of aliphatic imine (C=N–C) groups is 8. The molecule has 0 amide bonds. The normalized spacial score (nSPS) is 23.9. The molecule has 0 fully saturated rings. The maximum absolute atomic E-state index is 6.31. The molecular weight excluding hydrogens is 1240 g/mol. The zero-order valence-electron chi connectivity index (χ0n) is 59.4. The van der Waals surface area contributed by atoms with Gasteiger partial charge in [-0.2, -0.15) is 0 Å². The Balaban J connectivity index is 0.931. The molecule has 32 nitrogen and oxygen atoms in total. The minimum atomic E-state index is -0.957. The van der Waals surface area contributed by atoms with Gasteiger partial charge in [0, 0.05) is 5.41 Å². The van der Waals surface area contributed by atoms with Gasteiger partial charge in [0.2, 0.25) is 0 Å². The van der Waals surface area contributed by atoms with Gasteiger partial charge in [0.15, 0.2) is 0 Å². The highest BCUT2D eigenvalue weighted by Crippen LogP contribution is 2.32. The molecule has 0 saturated carbocycles. The van der Waals surface area contributed by atoms with E-state index in [0.717, 1.165) is 0 Å². The fraction of sp³-hybridized carbons (Fsp3) is 0.754. The second kappa shape index (κ2) is 29.3. The van der Waals surface area contributed by atoms with Crippen molar-refractivity contribution in [1.82, 2.24) is 79.6 Å². The van der Waals surface area contributed by atoms with Crippen molar-refractivity contribution in [1.29, 1.82) is 0 Å². The summed E-state index contributed by atoms with van der Waals surface area (Å²) in [5, 5.41) is 38.9. The lowest BCUT2D eigenvalue weighted by Gasteiger charge is -2.33. The van der Waals surface area contributed by atoms with Crippen LogP contribution in [0.15, 0.2) is 64.7 Å². The van der Waals surface area contributed by atoms with Crippen LogP contribution in [-0.2, 0) is 90.3 Å². The summed E-state index contributed by atoms with van der Waals surface area (Å²) in [5.74, 6) is 2.05. The fourth-order valence-corrected chi connectivity index (χ4v) is 12.1. The molecule has 528 valence electrons. The molecule has 8 aliphatic rings. The van der Waals surface area contributed by atoms with Crippen LogP contribution in [0.25, 0.3) is 0 Å². The van der Waals surface area contributed by atoms with Crippen LogP contribution in [-0.4, -0.2) is 229 Å². The molecule has 0 aromatic carbocycles. The summed E-state index contributed by atoms with van der Waals surface area (Å²) in [7, 11) is 0. The Morgan fingerprint density at radius 2 is 0.443 bits per heavy atom. The van der Waals surface area contributed by atoms with Crippen molar-refractivity contribution < 1.29 is 37.9 Å². The molecule has 32 heteroatoms. The Kier molecular flexibility index (Phi) is 20.7. The number of nitrogens with zero attached hydrogens (tertiary/aromatic N) is 24. The maximum Gasteiger partial charge on any atom is 0.296 e. The summed E-state index contributed by atoms with van der Waals surface area (Å²) in [6, 6.07) is 3.19. The maximum atomic E-state index is 6.31. The fourth-order valence-electron chi connectivity index (χ4n) is 12.1. The highest BCUT2D eigenvalue weighted by atomic mass is 16.6. The number of hydrogen-bond donors (Lipinski definition) is 0. The van der Waals surface area contributed by atoms with E-state index in [9.17, 15) is 0 Å². The zero-order chi connectivity index (χ0) is 68.4. The molecule has 0 bridgehead atoms. The van der Waals surface area contributed by atoms with Gasteiger partial charge in [-0.15, -0.1) is 20.4 Å². The second-order valence-electron chi connectivity index (χ2n) is 29.7. The van der Waals surface area contributed by atoms with Crippen molar-refractivity contribution in [3.05, 3.63) is 47.6 Å². The van der Waals surface area contributed by atoms with Crippen molar-refractivity contribution in [3.8, 4) is 0 Å². The van der Waals surface area contributed by atoms with E-state index in [0.29, 0.717) is 124 Å². The third kappa shape index (κ3) is 16.1. The topological polar surface area (TPSA) is 309 Å². The van der Waals surface area contributed by atoms with Crippen LogP contribution in [0, 0.1) is 52.8 Å². The average molecular weight is 1350 g/mol. The molecule has 12 heterocycles. The van der Waals surface area contributed by atoms with Gasteiger partial charge in [-0.1, -0.05) is 132 Å². The summed E-state index contributed by atoms with van der Waals surface area (Å²) in [4.78, 5) is 47.7. The van der Waals surface area contributed by atoms with Crippen LogP contribution < -0.4 is 0 Å². The van der Waals surface area contributed by atoms with Crippen LogP contribution in [0.4, 0.5) is 0 Å². The Labute approximate surface area is 568 Å². The van der Waals surface area contributed by atoms with E-state index in [1.54, 1.807) is 0 Å². The molecule has 8 aliphatic heterocycles. The minimum Gasteiger partial charge on any atom is -0.463 e. The van der Waals surface area contributed by atoms with Gasteiger partial charge in [0.25, 0.3) is 48.2 Å². The third-order valence-electron chi connectivity index (χ3n) is 18.9. The van der Waals surface area contributed by atoms with E-state index in [4.69, 9.17) is 119 Å². The quantitative estimate of drug-likeness (QED) is 0.0820. The minimum absolute atomic E-state index is 0.0324. The van der Waals surface area contributed by atoms with Gasteiger partial charge in [-0.3, -0.25) is 18.7 Å². The largest absolute Gasteiger partial charge is 0.463 e. The standard InChI is InChI=1S/C65H100N24O8/c1-37(2)49-25-90-57(66-49)86(58-67-50(26-91-58)38(3)4)21-45-17-82(78-74-45)33-65(34-83-18-46(75-79-83)22-87(59-68-51(27-92-59)39(5)6)60-69-52(28-93-60)40(7)8,35-84-19-47(76-80-84)23-88(61-70-53(29-94-61)41(9)10)62-71-54(30-95-62)42(11)12)36-85-20-48(77-81-85)24-89(63-72-55(31-96-63)43(13)14)64-73-56(32-97-64)44(15)16/h17-20,37-44,49-56H,21-36H2,1-16H3/t49-,50-,51-,52-,53-,54-,55-,56-/m1/s1. The number of aromatic nitrogens is 12. The predicted octanol–water partition coefficient (Wildman–Crippen LogP) is 5.63. The van der Waals surface area contributed by atoms with Gasteiger partial charge in [-0.25, -0.2) is 59.5 Å². The molecule has 97 heavy (non-hydrogen) atoms. The number of hydrogen-bond acceptors (Lipinski definition) is 28. The van der Waals surface area contributed by atoms with Crippen molar-refractivity contribution >= 4 is 48.2 Å². The van der Waals surface area contributed by atoms with Crippen LogP contribution in [0.3, 0.4) is 0 Å². The SMILES string of the molecule is CC(C)[C@H]1COC(N(Cc2cn(CC(Cn3cc(CN(C4=N[C@@H](C(C)C)CO4)C4=N[C@@H](C(C)C)CO4)nn3)(Cn3cc(CN(C4=N[C@@H](C(C)C)CO4)C4=N[C@@H](C(C)C)CO4)nn3)Cn3cc(CN(C4=N[C@@H](C(C)C)CO4)C4=N[C@@H](C(C)C)CO4)nn3)nn2)C2=N[C@@H](C(C)C)CO2)=N1. The van der Waals surface area contributed by atoms with E-state index >= 15 is 0 Å². The molecule has 8 atom stereocenters.